The molecule has 0 fully saturated rings. The number of nitrogens with two attached hydrogens (primary N) is 3. The van der Waals surface area contributed by atoms with E-state index >= 15 is 0 Å². The zero-order valence-electron chi connectivity index (χ0n) is 19.6. The summed E-state index contributed by atoms with van der Waals surface area (Å²) in [4.78, 5) is 74.7. The molecule has 0 aromatic rings. The second kappa shape index (κ2) is 16.9. The van der Waals surface area contributed by atoms with Crippen molar-refractivity contribution in [2.45, 2.75) is 56.3 Å². The molecule has 0 bridgehead atoms. The van der Waals surface area contributed by atoms with E-state index in [2.05, 4.69) is 20.9 Å². The van der Waals surface area contributed by atoms with E-state index in [-0.39, 0.29) is 31.8 Å². The van der Waals surface area contributed by atoms with Gasteiger partial charge in [0.2, 0.25) is 17.7 Å². The number of thioether (sulfide) groups is 1. The second-order valence-corrected chi connectivity index (χ2v) is 8.54. The molecule has 0 aromatic heterocycles. The highest BCUT2D eigenvalue weighted by Crippen LogP contribution is 2.06. The molecule has 204 valence electrons. The summed E-state index contributed by atoms with van der Waals surface area (Å²) in [5.74, 6) is -6.84. The lowest BCUT2D eigenvalue weighted by Gasteiger charge is -2.25. The van der Waals surface area contributed by atoms with Crippen molar-refractivity contribution in [3.05, 3.63) is 0 Å². The highest BCUT2D eigenvalue weighted by atomic mass is 32.2. The maximum absolute atomic E-state index is 13.0. The molecule has 0 aromatic carbocycles. The third-order valence-corrected chi connectivity index (χ3v) is 5.19. The summed E-state index contributed by atoms with van der Waals surface area (Å²) < 4.78 is 0. The lowest BCUT2D eigenvalue weighted by molar-refractivity contribution is -0.147. The molecule has 12 N–H and O–H groups in total. The van der Waals surface area contributed by atoms with Gasteiger partial charge in [-0.25, -0.2) is 4.79 Å². The number of guanidine groups is 1. The summed E-state index contributed by atoms with van der Waals surface area (Å²) in [5.41, 5.74) is 16.1. The van der Waals surface area contributed by atoms with E-state index in [1.54, 1.807) is 6.26 Å². The largest absolute Gasteiger partial charge is 0.481 e. The van der Waals surface area contributed by atoms with E-state index in [1.165, 1.54) is 11.8 Å². The van der Waals surface area contributed by atoms with E-state index in [0.717, 1.165) is 0 Å². The highest BCUT2D eigenvalue weighted by Gasteiger charge is 2.31. The molecule has 0 aliphatic rings. The number of rotatable bonds is 18. The van der Waals surface area contributed by atoms with Gasteiger partial charge in [0.15, 0.2) is 5.96 Å². The summed E-state index contributed by atoms with van der Waals surface area (Å²) >= 11 is 1.34. The van der Waals surface area contributed by atoms with Crippen LogP contribution in [0.5, 0.6) is 0 Å². The maximum atomic E-state index is 13.0. The van der Waals surface area contributed by atoms with Gasteiger partial charge in [-0.3, -0.25) is 29.0 Å². The number of carboxylic acids is 3. The Hall–Kier alpha value is -3.60. The number of aliphatic imine (C=N–C) groups is 1. The van der Waals surface area contributed by atoms with E-state index in [9.17, 15) is 33.9 Å². The number of hydrogen-bond donors (Lipinski definition) is 9. The Morgan fingerprint density at radius 3 is 1.78 bits per heavy atom. The van der Waals surface area contributed by atoms with Crippen LogP contribution in [0.1, 0.15) is 32.1 Å². The van der Waals surface area contributed by atoms with E-state index in [1.807, 2.05) is 0 Å². The Morgan fingerprint density at radius 2 is 1.31 bits per heavy atom. The van der Waals surface area contributed by atoms with Gasteiger partial charge >= 0.3 is 17.9 Å². The summed E-state index contributed by atoms with van der Waals surface area (Å²) in [6.07, 6.45) is 0.430. The first-order valence-electron chi connectivity index (χ1n) is 10.7. The fourth-order valence-corrected chi connectivity index (χ4v) is 3.23. The normalized spacial score (nSPS) is 13.8. The van der Waals surface area contributed by atoms with Crippen molar-refractivity contribution in [1.82, 2.24) is 16.0 Å². The molecule has 36 heavy (non-hydrogen) atoms. The Morgan fingerprint density at radius 1 is 0.806 bits per heavy atom. The minimum absolute atomic E-state index is 0.0121. The summed E-state index contributed by atoms with van der Waals surface area (Å²) in [6, 6.07) is -5.69. The van der Waals surface area contributed by atoms with E-state index in [4.69, 9.17) is 27.4 Å². The van der Waals surface area contributed by atoms with Gasteiger partial charge in [-0.1, -0.05) is 0 Å². The van der Waals surface area contributed by atoms with Gasteiger partial charge in [-0.15, -0.1) is 0 Å². The number of amides is 3. The smallest absolute Gasteiger partial charge is 0.326 e. The third-order valence-electron chi connectivity index (χ3n) is 4.55. The van der Waals surface area contributed by atoms with Crippen molar-refractivity contribution < 1.29 is 44.1 Å². The van der Waals surface area contributed by atoms with Gasteiger partial charge in [-0.2, -0.15) is 11.8 Å². The monoisotopic (exact) mass is 535 g/mol. The second-order valence-electron chi connectivity index (χ2n) is 7.55. The van der Waals surface area contributed by atoms with Crippen LogP contribution in [0.2, 0.25) is 0 Å². The molecule has 0 saturated carbocycles. The third kappa shape index (κ3) is 14.0. The van der Waals surface area contributed by atoms with Crippen LogP contribution >= 0.6 is 11.8 Å². The van der Waals surface area contributed by atoms with Gasteiger partial charge in [-0.05, 0) is 31.3 Å². The van der Waals surface area contributed by atoms with Crippen LogP contribution in [0.3, 0.4) is 0 Å². The predicted octanol–water partition coefficient (Wildman–Crippen LogP) is -3.39. The van der Waals surface area contributed by atoms with Crippen molar-refractivity contribution >= 4 is 53.4 Å². The summed E-state index contributed by atoms with van der Waals surface area (Å²) in [7, 11) is 0. The molecular weight excluding hydrogens is 502 g/mol. The van der Waals surface area contributed by atoms with Crippen molar-refractivity contribution in [2.24, 2.45) is 22.2 Å². The minimum Gasteiger partial charge on any atom is -0.481 e. The fourth-order valence-electron chi connectivity index (χ4n) is 2.76. The van der Waals surface area contributed by atoms with Gasteiger partial charge in [0, 0.05) is 6.54 Å². The first-order valence-corrected chi connectivity index (χ1v) is 12.0. The Balaban J connectivity index is 5.60. The topological polar surface area (TPSA) is 290 Å². The zero-order chi connectivity index (χ0) is 27.8. The van der Waals surface area contributed by atoms with E-state index < -0.39 is 72.6 Å². The molecule has 0 aliphatic carbocycles. The average molecular weight is 536 g/mol. The molecule has 3 amide bonds. The first-order chi connectivity index (χ1) is 16.8. The number of nitrogens with one attached hydrogen (secondary N) is 3. The molecule has 0 spiro atoms. The van der Waals surface area contributed by atoms with Gasteiger partial charge in [0.05, 0.1) is 18.9 Å². The Kier molecular flexibility index (Phi) is 15.2. The average Bonchev–Trinajstić information content (AvgIpc) is 2.76. The molecule has 0 heterocycles. The van der Waals surface area contributed by atoms with Gasteiger partial charge < -0.3 is 48.5 Å². The van der Waals surface area contributed by atoms with Crippen LogP contribution in [0.4, 0.5) is 0 Å². The lowest BCUT2D eigenvalue weighted by atomic mass is 10.1. The molecule has 4 unspecified atom stereocenters. The molecule has 4 atom stereocenters. The lowest BCUT2D eigenvalue weighted by Crippen LogP contribution is -2.57. The van der Waals surface area contributed by atoms with Crippen molar-refractivity contribution in [1.29, 1.82) is 0 Å². The van der Waals surface area contributed by atoms with Crippen LogP contribution in [0.15, 0.2) is 4.99 Å². The zero-order valence-corrected chi connectivity index (χ0v) is 20.5. The van der Waals surface area contributed by atoms with Crippen LogP contribution in [-0.4, -0.2) is 99.6 Å². The molecule has 0 rings (SSSR count). The fraction of sp³-hybridized carbons (Fsp3) is 0.632. The molecule has 17 heteroatoms. The quantitative estimate of drug-likeness (QED) is 0.0470. The Bertz CT molecular complexity index is 836. The molecule has 0 aliphatic heterocycles. The number of hydrogen-bond acceptors (Lipinski definition) is 9. The number of carboxylic acid groups (broad SMARTS) is 3. The van der Waals surface area contributed by atoms with E-state index in [0.29, 0.717) is 5.75 Å². The van der Waals surface area contributed by atoms with Crippen molar-refractivity contribution in [2.75, 3.05) is 18.6 Å². The number of nitrogens with zero attached hydrogens (tertiary/aromatic N) is 1. The number of aliphatic carboxylic acids is 3. The standard InChI is InChI=1S/C19H33N7O9S/c1-36-6-4-11(17(33)26-12(18(34)35)8-14(29)30)25-16(32)10(3-2-5-23-19(21)22)24-15(31)9(20)7-13(27)28/h9-12H,2-8,20H2,1H3,(H,24,31)(H,25,32)(H,26,33)(H,27,28)(H,29,30)(H,34,35)(H4,21,22,23). The molecule has 16 nitrogen and oxygen atoms in total. The maximum Gasteiger partial charge on any atom is 0.326 e. The van der Waals surface area contributed by atoms with Crippen LogP contribution in [0, 0.1) is 0 Å². The SMILES string of the molecule is CSCCC(NC(=O)C(CCCN=C(N)N)NC(=O)C(N)CC(=O)O)C(=O)NC(CC(=O)O)C(=O)O. The van der Waals surface area contributed by atoms with Crippen molar-refractivity contribution in [3.63, 3.8) is 0 Å². The van der Waals surface area contributed by atoms with Gasteiger partial charge in [0.1, 0.15) is 18.1 Å². The van der Waals surface area contributed by atoms with Crippen LogP contribution < -0.4 is 33.2 Å². The Labute approximate surface area is 210 Å². The molecule has 0 saturated heterocycles. The van der Waals surface area contributed by atoms with Crippen LogP contribution in [-0.2, 0) is 28.8 Å². The summed E-state index contributed by atoms with van der Waals surface area (Å²) in [5, 5.41) is 33.7. The predicted molar refractivity (Wildman–Crippen MR) is 129 cm³/mol. The number of carbonyl (C=O) groups is 6. The highest BCUT2D eigenvalue weighted by molar-refractivity contribution is 7.98. The summed E-state index contributed by atoms with van der Waals surface area (Å²) in [6.45, 7) is 0.106. The molecule has 0 radical (unpaired) electrons. The van der Waals surface area contributed by atoms with Crippen molar-refractivity contribution in [3.8, 4) is 0 Å². The minimum atomic E-state index is -1.73. The first kappa shape index (κ1) is 32.4. The molecular formula is C19H33N7O9S. The van der Waals surface area contributed by atoms with Crippen LogP contribution in [0.25, 0.3) is 0 Å². The van der Waals surface area contributed by atoms with Gasteiger partial charge in [0.25, 0.3) is 0 Å². The number of carbonyl (C=O) groups excluding carboxylic acids is 3.